The van der Waals surface area contributed by atoms with Crippen molar-refractivity contribution < 1.29 is 17.2 Å². The summed E-state index contributed by atoms with van der Waals surface area (Å²) in [6, 6.07) is 1.50. The number of nitrogens with one attached hydrogen (secondary N) is 1. The number of sulfonamides is 1. The largest absolute Gasteiger partial charge is 0.399 e. The maximum Gasteiger partial charge on any atom is 0.269 e. The first-order valence-electron chi connectivity index (χ1n) is 5.93. The summed E-state index contributed by atoms with van der Waals surface area (Å²) in [6.45, 7) is 3.79. The third kappa shape index (κ3) is 3.30. The van der Waals surface area contributed by atoms with Crippen LogP contribution in [-0.2, 0) is 10.0 Å². The van der Waals surface area contributed by atoms with Crippen molar-refractivity contribution in [2.75, 3.05) is 10.5 Å². The Labute approximate surface area is 124 Å². The minimum Gasteiger partial charge on any atom is -0.399 e. The third-order valence-electron chi connectivity index (χ3n) is 2.62. The van der Waals surface area contributed by atoms with E-state index < -0.39 is 26.6 Å². The predicted octanol–water partition coefficient (Wildman–Crippen LogP) is 2.93. The molecule has 0 spiro atoms. The van der Waals surface area contributed by atoms with Gasteiger partial charge in [0.25, 0.3) is 10.0 Å². The van der Waals surface area contributed by atoms with Crippen LogP contribution in [0.3, 0.4) is 0 Å². The maximum atomic E-state index is 13.7. The normalized spacial score (nSPS) is 11.9. The molecule has 0 bridgehead atoms. The molecule has 5 nitrogen and oxygen atoms in total. The fraction of sp³-hybridized carbons (Fsp3) is 0.250. The Hall–Kier alpha value is -1.74. The SMILES string of the molecule is CC(C)c1csc(NS(=O)(=O)c2c(F)cc(N)cc2F)n1. The summed E-state index contributed by atoms with van der Waals surface area (Å²) in [5.41, 5.74) is 5.75. The molecule has 1 aromatic heterocycles. The molecule has 0 fully saturated rings. The van der Waals surface area contributed by atoms with E-state index in [1.165, 1.54) is 0 Å². The van der Waals surface area contributed by atoms with Crippen molar-refractivity contribution in [2.45, 2.75) is 24.7 Å². The standard InChI is InChI=1S/C12H13F2N3O2S2/c1-6(2)10-5-20-12(16-10)17-21(18,19)11-8(13)3-7(15)4-9(11)14/h3-6H,15H2,1-2H3,(H,16,17). The molecule has 2 rings (SSSR count). The van der Waals surface area contributed by atoms with Gasteiger partial charge in [-0.2, -0.15) is 0 Å². The van der Waals surface area contributed by atoms with Crippen molar-refractivity contribution in [3.8, 4) is 0 Å². The van der Waals surface area contributed by atoms with Crippen LogP contribution in [0.1, 0.15) is 25.5 Å². The zero-order valence-electron chi connectivity index (χ0n) is 11.2. The average Bonchev–Trinajstić information content (AvgIpc) is 2.74. The van der Waals surface area contributed by atoms with E-state index in [0.717, 1.165) is 23.5 Å². The minimum atomic E-state index is -4.41. The van der Waals surface area contributed by atoms with Crippen LogP contribution in [0.4, 0.5) is 19.6 Å². The number of nitrogen functional groups attached to an aromatic ring is 1. The second-order valence-electron chi connectivity index (χ2n) is 4.65. The van der Waals surface area contributed by atoms with Crippen molar-refractivity contribution >= 4 is 32.2 Å². The molecule has 1 aromatic carbocycles. The quantitative estimate of drug-likeness (QED) is 0.843. The Morgan fingerprint density at radius 3 is 2.33 bits per heavy atom. The number of halogens is 2. The molecule has 0 saturated heterocycles. The van der Waals surface area contributed by atoms with Gasteiger partial charge in [-0.25, -0.2) is 22.2 Å². The van der Waals surface area contributed by atoms with Gasteiger partial charge in [-0.05, 0) is 18.1 Å². The van der Waals surface area contributed by atoms with Gasteiger partial charge in [0.05, 0.1) is 5.69 Å². The van der Waals surface area contributed by atoms with Gasteiger partial charge in [0.15, 0.2) is 10.0 Å². The van der Waals surface area contributed by atoms with E-state index >= 15 is 0 Å². The number of hydrogen-bond donors (Lipinski definition) is 2. The lowest BCUT2D eigenvalue weighted by molar-refractivity contribution is 0.522. The smallest absolute Gasteiger partial charge is 0.269 e. The van der Waals surface area contributed by atoms with Gasteiger partial charge >= 0.3 is 0 Å². The lowest BCUT2D eigenvalue weighted by Crippen LogP contribution is -2.16. The zero-order chi connectivity index (χ0) is 15.8. The molecule has 1 heterocycles. The average molecular weight is 333 g/mol. The van der Waals surface area contributed by atoms with E-state index in [1.807, 2.05) is 13.8 Å². The van der Waals surface area contributed by atoms with Crippen molar-refractivity contribution in [3.63, 3.8) is 0 Å². The molecule has 0 aliphatic carbocycles. The van der Waals surface area contributed by atoms with Crippen LogP contribution < -0.4 is 10.5 Å². The van der Waals surface area contributed by atoms with Crippen molar-refractivity contribution in [1.29, 1.82) is 0 Å². The van der Waals surface area contributed by atoms with Crippen molar-refractivity contribution in [1.82, 2.24) is 4.98 Å². The summed E-state index contributed by atoms with van der Waals surface area (Å²) in [6.07, 6.45) is 0. The van der Waals surface area contributed by atoms with Crippen molar-refractivity contribution in [2.24, 2.45) is 0 Å². The van der Waals surface area contributed by atoms with Gasteiger partial charge in [0.1, 0.15) is 11.6 Å². The monoisotopic (exact) mass is 333 g/mol. The summed E-state index contributed by atoms with van der Waals surface area (Å²) in [5.74, 6) is -2.38. The zero-order valence-corrected chi connectivity index (χ0v) is 12.9. The number of nitrogens with two attached hydrogens (primary N) is 1. The molecule has 0 atom stereocenters. The Morgan fingerprint density at radius 2 is 1.86 bits per heavy atom. The Kier molecular flexibility index (Phi) is 4.15. The fourth-order valence-corrected chi connectivity index (χ4v) is 3.85. The molecule has 0 aliphatic heterocycles. The van der Waals surface area contributed by atoms with Crippen LogP contribution >= 0.6 is 11.3 Å². The molecule has 0 amide bonds. The Balaban J connectivity index is 2.38. The molecule has 0 radical (unpaired) electrons. The Bertz CT molecular complexity index is 750. The first kappa shape index (κ1) is 15.6. The summed E-state index contributed by atoms with van der Waals surface area (Å²) >= 11 is 1.04. The highest BCUT2D eigenvalue weighted by Crippen LogP contribution is 2.27. The Morgan fingerprint density at radius 1 is 1.29 bits per heavy atom. The topological polar surface area (TPSA) is 85.1 Å². The number of anilines is 2. The molecule has 114 valence electrons. The number of hydrogen-bond acceptors (Lipinski definition) is 5. The van der Waals surface area contributed by atoms with E-state index in [2.05, 4.69) is 9.71 Å². The predicted molar refractivity (Wildman–Crippen MR) is 77.8 cm³/mol. The summed E-state index contributed by atoms with van der Waals surface area (Å²) in [7, 11) is -4.41. The van der Waals surface area contributed by atoms with Gasteiger partial charge in [-0.15, -0.1) is 11.3 Å². The molecule has 2 aromatic rings. The van der Waals surface area contributed by atoms with E-state index in [1.54, 1.807) is 5.38 Å². The van der Waals surface area contributed by atoms with Crippen LogP contribution in [0, 0.1) is 11.6 Å². The highest BCUT2D eigenvalue weighted by atomic mass is 32.2. The van der Waals surface area contributed by atoms with Crippen LogP contribution in [0.15, 0.2) is 22.4 Å². The number of thiazole rings is 1. The second-order valence-corrected chi connectivity index (χ2v) is 7.13. The molecule has 0 aliphatic rings. The van der Waals surface area contributed by atoms with Crippen LogP contribution in [0.2, 0.25) is 0 Å². The van der Waals surface area contributed by atoms with Crippen molar-refractivity contribution in [3.05, 3.63) is 34.8 Å². The molecular formula is C12H13F2N3O2S2. The van der Waals surface area contributed by atoms with Gasteiger partial charge in [-0.1, -0.05) is 13.8 Å². The van der Waals surface area contributed by atoms with Gasteiger partial charge in [-0.3, -0.25) is 4.72 Å². The van der Waals surface area contributed by atoms with Crippen LogP contribution in [0.5, 0.6) is 0 Å². The number of nitrogens with zero attached hydrogens (tertiary/aromatic N) is 1. The first-order valence-corrected chi connectivity index (χ1v) is 8.29. The second kappa shape index (κ2) is 5.57. The van der Waals surface area contributed by atoms with Gasteiger partial charge in [0, 0.05) is 11.1 Å². The first-order chi connectivity index (χ1) is 9.70. The summed E-state index contributed by atoms with van der Waals surface area (Å²) in [4.78, 5) is 2.98. The van der Waals surface area contributed by atoms with E-state index in [-0.39, 0.29) is 16.7 Å². The maximum absolute atomic E-state index is 13.7. The molecule has 0 saturated carbocycles. The third-order valence-corrected chi connectivity index (χ3v) is 4.92. The summed E-state index contributed by atoms with van der Waals surface area (Å²) in [5, 5.41) is 1.73. The number of rotatable bonds is 4. The highest BCUT2D eigenvalue weighted by molar-refractivity contribution is 7.93. The number of aromatic nitrogens is 1. The molecule has 3 N–H and O–H groups in total. The fourth-order valence-electron chi connectivity index (χ4n) is 1.60. The van der Waals surface area contributed by atoms with Gasteiger partial charge < -0.3 is 5.73 Å². The molecule has 9 heteroatoms. The molecular weight excluding hydrogens is 320 g/mol. The highest BCUT2D eigenvalue weighted by Gasteiger charge is 2.25. The van der Waals surface area contributed by atoms with E-state index in [9.17, 15) is 17.2 Å². The molecule has 21 heavy (non-hydrogen) atoms. The lowest BCUT2D eigenvalue weighted by atomic mass is 10.2. The molecule has 0 unspecified atom stereocenters. The minimum absolute atomic E-state index is 0.0503. The van der Waals surface area contributed by atoms with Crippen LogP contribution in [0.25, 0.3) is 0 Å². The van der Waals surface area contributed by atoms with Crippen LogP contribution in [-0.4, -0.2) is 13.4 Å². The summed E-state index contributed by atoms with van der Waals surface area (Å²) < 4.78 is 53.6. The van der Waals surface area contributed by atoms with E-state index in [0.29, 0.717) is 5.69 Å². The van der Waals surface area contributed by atoms with Gasteiger partial charge in [0.2, 0.25) is 0 Å². The number of benzene rings is 1. The lowest BCUT2D eigenvalue weighted by Gasteiger charge is -2.08. The van der Waals surface area contributed by atoms with E-state index in [4.69, 9.17) is 5.73 Å².